The lowest BCUT2D eigenvalue weighted by Crippen LogP contribution is -2.49. The highest BCUT2D eigenvalue weighted by atomic mass is 16.5. The number of hydrogen-bond acceptors (Lipinski definition) is 4. The van der Waals surface area contributed by atoms with Crippen molar-refractivity contribution < 1.29 is 14.3 Å². The van der Waals surface area contributed by atoms with E-state index in [0.29, 0.717) is 13.2 Å². The Bertz CT molecular complexity index is 597. The number of likely N-dealkylation sites (N-methyl/N-ethyl adjacent to an activating group) is 1. The van der Waals surface area contributed by atoms with Crippen LogP contribution in [0.2, 0.25) is 0 Å². The molecule has 24 heavy (non-hydrogen) atoms. The van der Waals surface area contributed by atoms with E-state index in [0.717, 1.165) is 29.7 Å². The molecule has 2 amide bonds. The van der Waals surface area contributed by atoms with Gasteiger partial charge < -0.3 is 20.7 Å². The number of rotatable bonds is 5. The number of benzene rings is 1. The third-order valence-corrected chi connectivity index (χ3v) is 4.69. The quantitative estimate of drug-likeness (QED) is 0.854. The lowest BCUT2D eigenvalue weighted by Gasteiger charge is -2.29. The molecule has 1 aliphatic heterocycles. The second-order valence-corrected chi connectivity index (χ2v) is 6.47. The van der Waals surface area contributed by atoms with Crippen molar-refractivity contribution in [1.82, 2.24) is 4.90 Å². The van der Waals surface area contributed by atoms with Crippen molar-refractivity contribution in [2.75, 3.05) is 32.1 Å². The molecule has 6 heteroatoms. The SMILES string of the molecule is Cc1cccc(NC(=O)CN(C)C(=O)C(N)C2CCOCC2)c1C. The van der Waals surface area contributed by atoms with E-state index in [9.17, 15) is 9.59 Å². The van der Waals surface area contributed by atoms with E-state index in [1.807, 2.05) is 32.0 Å². The van der Waals surface area contributed by atoms with Crippen molar-refractivity contribution in [1.29, 1.82) is 0 Å². The molecule has 0 radical (unpaired) electrons. The van der Waals surface area contributed by atoms with Crippen LogP contribution in [0.3, 0.4) is 0 Å². The van der Waals surface area contributed by atoms with Crippen LogP contribution < -0.4 is 11.1 Å². The van der Waals surface area contributed by atoms with Gasteiger partial charge in [0.15, 0.2) is 0 Å². The molecule has 2 rings (SSSR count). The minimum absolute atomic E-state index is 0.0108. The molecule has 0 aliphatic carbocycles. The smallest absolute Gasteiger partial charge is 0.243 e. The van der Waals surface area contributed by atoms with Crippen molar-refractivity contribution in [3.8, 4) is 0 Å². The molecule has 1 fully saturated rings. The second kappa shape index (κ2) is 8.26. The maximum absolute atomic E-state index is 12.4. The van der Waals surface area contributed by atoms with Gasteiger partial charge in [-0.3, -0.25) is 9.59 Å². The van der Waals surface area contributed by atoms with E-state index in [1.165, 1.54) is 4.90 Å². The standard InChI is InChI=1S/C18H27N3O3/c1-12-5-4-6-15(13(12)2)20-16(22)11-21(3)18(23)17(19)14-7-9-24-10-8-14/h4-6,14,17H,7-11,19H2,1-3H3,(H,20,22). The first-order chi connectivity index (χ1) is 11.4. The van der Waals surface area contributed by atoms with Crippen LogP contribution in [0.25, 0.3) is 0 Å². The van der Waals surface area contributed by atoms with Crippen molar-refractivity contribution in [2.24, 2.45) is 11.7 Å². The predicted octanol–water partition coefficient (Wildman–Crippen LogP) is 1.45. The van der Waals surface area contributed by atoms with Gasteiger partial charge in [0.2, 0.25) is 11.8 Å². The normalized spacial score (nSPS) is 16.5. The molecule has 0 spiro atoms. The van der Waals surface area contributed by atoms with Gasteiger partial charge in [0.1, 0.15) is 0 Å². The maximum atomic E-state index is 12.4. The summed E-state index contributed by atoms with van der Waals surface area (Å²) in [4.78, 5) is 26.1. The minimum Gasteiger partial charge on any atom is -0.381 e. The fraction of sp³-hybridized carbons (Fsp3) is 0.556. The average Bonchev–Trinajstić information content (AvgIpc) is 2.58. The van der Waals surface area contributed by atoms with Gasteiger partial charge in [-0.2, -0.15) is 0 Å². The highest BCUT2D eigenvalue weighted by molar-refractivity contribution is 5.95. The molecule has 6 nitrogen and oxygen atoms in total. The molecule has 1 unspecified atom stereocenters. The van der Waals surface area contributed by atoms with Gasteiger partial charge in [-0.25, -0.2) is 0 Å². The van der Waals surface area contributed by atoms with Crippen molar-refractivity contribution in [2.45, 2.75) is 32.7 Å². The molecule has 3 N–H and O–H groups in total. The number of anilines is 1. The number of amides is 2. The largest absolute Gasteiger partial charge is 0.381 e. The molecule has 1 aromatic carbocycles. The van der Waals surface area contributed by atoms with Crippen LogP contribution in [0.1, 0.15) is 24.0 Å². The van der Waals surface area contributed by atoms with Crippen molar-refractivity contribution in [3.63, 3.8) is 0 Å². The van der Waals surface area contributed by atoms with E-state index in [4.69, 9.17) is 10.5 Å². The average molecular weight is 333 g/mol. The Balaban J connectivity index is 1.90. The molecule has 0 bridgehead atoms. The van der Waals surface area contributed by atoms with Gasteiger partial charge in [0.05, 0.1) is 12.6 Å². The summed E-state index contributed by atoms with van der Waals surface area (Å²) in [7, 11) is 1.62. The number of nitrogens with one attached hydrogen (secondary N) is 1. The van der Waals surface area contributed by atoms with Gasteiger partial charge in [-0.15, -0.1) is 0 Å². The molecule has 1 aliphatic rings. The first-order valence-electron chi connectivity index (χ1n) is 8.34. The molecule has 0 aromatic heterocycles. The summed E-state index contributed by atoms with van der Waals surface area (Å²) in [6.07, 6.45) is 1.57. The number of ether oxygens (including phenoxy) is 1. The molecular formula is C18H27N3O3. The van der Waals surface area contributed by atoms with Crippen LogP contribution in [0.15, 0.2) is 18.2 Å². The Hall–Kier alpha value is -1.92. The number of nitrogens with zero attached hydrogens (tertiary/aromatic N) is 1. The van der Waals surface area contributed by atoms with Crippen LogP contribution in [0.4, 0.5) is 5.69 Å². The highest BCUT2D eigenvalue weighted by Gasteiger charge is 2.29. The Morgan fingerprint density at radius 3 is 2.67 bits per heavy atom. The van der Waals surface area contributed by atoms with Crippen LogP contribution >= 0.6 is 0 Å². The predicted molar refractivity (Wildman–Crippen MR) is 93.7 cm³/mol. The van der Waals surface area contributed by atoms with E-state index in [1.54, 1.807) is 7.05 Å². The highest BCUT2D eigenvalue weighted by Crippen LogP contribution is 2.19. The van der Waals surface area contributed by atoms with Crippen LogP contribution in [0.5, 0.6) is 0 Å². The first kappa shape index (κ1) is 18.4. The van der Waals surface area contributed by atoms with Crippen LogP contribution in [-0.4, -0.2) is 49.6 Å². The van der Waals surface area contributed by atoms with E-state index in [-0.39, 0.29) is 24.3 Å². The molecule has 1 aromatic rings. The fourth-order valence-corrected chi connectivity index (χ4v) is 2.90. The topological polar surface area (TPSA) is 84.7 Å². The maximum Gasteiger partial charge on any atom is 0.243 e. The van der Waals surface area contributed by atoms with Crippen molar-refractivity contribution in [3.05, 3.63) is 29.3 Å². The van der Waals surface area contributed by atoms with Gasteiger partial charge >= 0.3 is 0 Å². The molecule has 1 heterocycles. The Morgan fingerprint density at radius 2 is 2.00 bits per heavy atom. The summed E-state index contributed by atoms with van der Waals surface area (Å²) in [6.45, 7) is 5.22. The molecule has 1 saturated heterocycles. The van der Waals surface area contributed by atoms with E-state index < -0.39 is 6.04 Å². The third-order valence-electron chi connectivity index (χ3n) is 4.69. The molecular weight excluding hydrogens is 306 g/mol. The van der Waals surface area contributed by atoms with Gasteiger partial charge in [0, 0.05) is 25.9 Å². The molecule has 132 valence electrons. The number of aryl methyl sites for hydroxylation is 1. The zero-order valence-corrected chi connectivity index (χ0v) is 14.7. The lowest BCUT2D eigenvalue weighted by molar-refractivity contribution is -0.136. The van der Waals surface area contributed by atoms with Gasteiger partial charge in [0.25, 0.3) is 0 Å². The van der Waals surface area contributed by atoms with E-state index >= 15 is 0 Å². The summed E-state index contributed by atoms with van der Waals surface area (Å²) in [5.41, 5.74) is 9.00. The third kappa shape index (κ3) is 4.55. The first-order valence-corrected chi connectivity index (χ1v) is 8.34. The second-order valence-electron chi connectivity index (χ2n) is 6.47. The summed E-state index contributed by atoms with van der Waals surface area (Å²) >= 11 is 0. The Kier molecular flexibility index (Phi) is 6.34. The summed E-state index contributed by atoms with van der Waals surface area (Å²) in [6, 6.07) is 5.17. The zero-order chi connectivity index (χ0) is 17.7. The van der Waals surface area contributed by atoms with Gasteiger partial charge in [-0.1, -0.05) is 12.1 Å². The summed E-state index contributed by atoms with van der Waals surface area (Å²) in [5.74, 6) is -0.299. The Labute approximate surface area is 143 Å². The van der Waals surface area contributed by atoms with Gasteiger partial charge in [-0.05, 0) is 49.8 Å². The summed E-state index contributed by atoms with van der Waals surface area (Å²) in [5, 5.41) is 2.86. The molecule has 1 atom stereocenters. The van der Waals surface area contributed by atoms with Crippen LogP contribution in [0, 0.1) is 19.8 Å². The number of carbonyl (C=O) groups is 2. The summed E-state index contributed by atoms with van der Waals surface area (Å²) < 4.78 is 5.30. The Morgan fingerprint density at radius 1 is 1.33 bits per heavy atom. The molecule has 0 saturated carbocycles. The fourth-order valence-electron chi connectivity index (χ4n) is 2.90. The lowest BCUT2D eigenvalue weighted by atomic mass is 9.91. The van der Waals surface area contributed by atoms with Crippen molar-refractivity contribution >= 4 is 17.5 Å². The number of carbonyl (C=O) groups excluding carboxylic acids is 2. The minimum atomic E-state index is -0.576. The zero-order valence-electron chi connectivity index (χ0n) is 14.7. The van der Waals surface area contributed by atoms with E-state index in [2.05, 4.69) is 5.32 Å². The number of nitrogens with two attached hydrogens (primary N) is 1. The van der Waals surface area contributed by atoms with Crippen LogP contribution in [-0.2, 0) is 14.3 Å². The number of hydrogen-bond donors (Lipinski definition) is 2. The monoisotopic (exact) mass is 333 g/mol.